The summed E-state index contributed by atoms with van der Waals surface area (Å²) in [6, 6.07) is 4.09. The van der Waals surface area contributed by atoms with Gasteiger partial charge in [-0.15, -0.1) is 36.5 Å². The Balaban J connectivity index is 3.13. The Morgan fingerprint density at radius 3 is 2.50 bits per heavy atom. The monoisotopic (exact) mass is 298 g/mol. The maximum Gasteiger partial charge on any atom is 0.573 e. The molecule has 0 N–H and O–H groups in total. The van der Waals surface area contributed by atoms with Crippen LogP contribution in [-0.2, 0) is 4.79 Å². The number of ether oxygens (including phenoxy) is 1. The fourth-order valence-corrected chi connectivity index (χ4v) is 1.93. The first-order valence-corrected chi connectivity index (χ1v) is 6.49. The fraction of sp³-hybridized carbons (Fsp3) is 0.364. The van der Waals surface area contributed by atoms with E-state index in [-0.39, 0.29) is 17.1 Å². The predicted molar refractivity (Wildman–Crippen MR) is 64.2 cm³/mol. The molecule has 0 aliphatic rings. The van der Waals surface area contributed by atoms with Crippen molar-refractivity contribution in [2.45, 2.75) is 23.6 Å². The summed E-state index contributed by atoms with van der Waals surface area (Å²) in [5.74, 6) is -0.689. The van der Waals surface area contributed by atoms with Crippen LogP contribution in [-0.4, -0.2) is 18.4 Å². The van der Waals surface area contributed by atoms with E-state index in [9.17, 15) is 18.0 Å². The third kappa shape index (κ3) is 4.10. The van der Waals surface area contributed by atoms with E-state index in [2.05, 4.69) is 4.74 Å². The average Bonchev–Trinajstić information content (AvgIpc) is 2.25. The lowest BCUT2D eigenvalue weighted by Crippen LogP contribution is -2.18. The number of alkyl halides is 4. The number of hydrogen-bond donors (Lipinski definition) is 0. The summed E-state index contributed by atoms with van der Waals surface area (Å²) >= 11 is 6.90. The van der Waals surface area contributed by atoms with Crippen LogP contribution in [0.4, 0.5) is 13.2 Å². The molecule has 0 aromatic heterocycles. The highest BCUT2D eigenvalue weighted by molar-refractivity contribution is 7.98. The molecule has 7 heteroatoms. The highest BCUT2D eigenvalue weighted by atomic mass is 35.5. The molecular weight excluding hydrogens is 289 g/mol. The van der Waals surface area contributed by atoms with Crippen LogP contribution < -0.4 is 4.74 Å². The van der Waals surface area contributed by atoms with Gasteiger partial charge in [0.15, 0.2) is 5.78 Å². The zero-order valence-electron chi connectivity index (χ0n) is 9.55. The number of carbonyl (C=O) groups excluding carboxylic acids is 1. The first-order chi connectivity index (χ1) is 8.24. The van der Waals surface area contributed by atoms with E-state index in [0.717, 1.165) is 17.8 Å². The molecule has 0 aliphatic carbocycles. The van der Waals surface area contributed by atoms with Crippen molar-refractivity contribution in [2.75, 3.05) is 6.26 Å². The van der Waals surface area contributed by atoms with Gasteiger partial charge >= 0.3 is 6.36 Å². The van der Waals surface area contributed by atoms with Crippen LogP contribution in [0.2, 0.25) is 0 Å². The van der Waals surface area contributed by atoms with Crippen molar-refractivity contribution in [3.8, 4) is 5.75 Å². The molecule has 0 fully saturated rings. The normalized spacial score (nSPS) is 13.2. The minimum Gasteiger partial charge on any atom is -0.405 e. The number of ketones is 1. The molecule has 0 bridgehead atoms. The third-order valence-electron chi connectivity index (χ3n) is 2.06. The van der Waals surface area contributed by atoms with Gasteiger partial charge in [0.2, 0.25) is 0 Å². The summed E-state index contributed by atoms with van der Waals surface area (Å²) in [6.07, 6.45) is -3.15. The summed E-state index contributed by atoms with van der Waals surface area (Å²) in [7, 11) is 0. The maximum absolute atomic E-state index is 12.2. The van der Waals surface area contributed by atoms with Crippen molar-refractivity contribution in [3.63, 3.8) is 0 Å². The first kappa shape index (κ1) is 15.2. The van der Waals surface area contributed by atoms with Gasteiger partial charge in [-0.2, -0.15) is 0 Å². The molecule has 1 unspecified atom stereocenters. The van der Waals surface area contributed by atoms with E-state index in [1.807, 2.05) is 0 Å². The van der Waals surface area contributed by atoms with Gasteiger partial charge in [-0.1, -0.05) is 6.07 Å². The van der Waals surface area contributed by atoms with Crippen molar-refractivity contribution in [1.29, 1.82) is 0 Å². The molecule has 0 heterocycles. The molecule has 0 spiro atoms. The molecule has 1 atom stereocenters. The average molecular weight is 299 g/mol. The van der Waals surface area contributed by atoms with Crippen LogP contribution in [0.1, 0.15) is 17.9 Å². The second-order valence-electron chi connectivity index (χ2n) is 3.43. The Bertz CT molecular complexity index is 448. The number of hydrogen-bond acceptors (Lipinski definition) is 3. The summed E-state index contributed by atoms with van der Waals surface area (Å²) in [4.78, 5) is 11.4. The number of benzene rings is 1. The minimum absolute atomic E-state index is 0.279. The largest absolute Gasteiger partial charge is 0.573 e. The van der Waals surface area contributed by atoms with Crippen molar-refractivity contribution in [2.24, 2.45) is 0 Å². The van der Waals surface area contributed by atoms with Crippen LogP contribution >= 0.6 is 23.4 Å². The third-order valence-corrected chi connectivity index (χ3v) is 3.40. The van der Waals surface area contributed by atoms with E-state index in [4.69, 9.17) is 11.6 Å². The number of halogens is 4. The number of thioether (sulfide) groups is 1. The van der Waals surface area contributed by atoms with Gasteiger partial charge in [-0.25, -0.2) is 0 Å². The second-order valence-corrected chi connectivity index (χ2v) is 4.72. The Labute approximate surface area is 111 Å². The van der Waals surface area contributed by atoms with Gasteiger partial charge < -0.3 is 4.74 Å². The van der Waals surface area contributed by atoms with E-state index in [1.54, 1.807) is 6.26 Å². The summed E-state index contributed by atoms with van der Waals surface area (Å²) < 4.78 is 40.6. The Kier molecular flexibility index (Phi) is 4.92. The van der Waals surface area contributed by atoms with Gasteiger partial charge in [-0.3, -0.25) is 4.79 Å². The molecule has 2 nitrogen and oxygen atoms in total. The standard InChI is InChI=1S/C11H10ClF3O2S/c1-6(16)10(12)7-3-4-9(18-2)8(5-7)17-11(13,14)15/h3-5,10H,1-2H3. The molecule has 1 aromatic carbocycles. The van der Waals surface area contributed by atoms with Gasteiger partial charge in [0.05, 0.1) is 0 Å². The van der Waals surface area contributed by atoms with Crippen molar-refractivity contribution in [3.05, 3.63) is 23.8 Å². The molecule has 0 saturated carbocycles. The molecule has 1 rings (SSSR count). The van der Waals surface area contributed by atoms with Crippen LogP contribution in [0.25, 0.3) is 0 Å². The van der Waals surface area contributed by atoms with Crippen molar-refractivity contribution >= 4 is 29.1 Å². The molecular formula is C11H10ClF3O2S. The van der Waals surface area contributed by atoms with E-state index < -0.39 is 11.7 Å². The van der Waals surface area contributed by atoms with Crippen molar-refractivity contribution in [1.82, 2.24) is 0 Å². The van der Waals surface area contributed by atoms with E-state index in [1.165, 1.54) is 19.1 Å². The van der Waals surface area contributed by atoms with Crippen LogP contribution in [0.3, 0.4) is 0 Å². The highest BCUT2D eigenvalue weighted by Crippen LogP contribution is 2.35. The Morgan fingerprint density at radius 1 is 1.44 bits per heavy atom. The number of rotatable bonds is 4. The molecule has 0 radical (unpaired) electrons. The van der Waals surface area contributed by atoms with Gasteiger partial charge in [0.1, 0.15) is 11.1 Å². The molecule has 0 amide bonds. The lowest BCUT2D eigenvalue weighted by Gasteiger charge is -2.14. The smallest absolute Gasteiger partial charge is 0.405 e. The first-order valence-electron chi connectivity index (χ1n) is 4.83. The summed E-state index contributed by atoms with van der Waals surface area (Å²) in [6.45, 7) is 1.27. The topological polar surface area (TPSA) is 26.3 Å². The lowest BCUT2D eigenvalue weighted by molar-refractivity contribution is -0.275. The quantitative estimate of drug-likeness (QED) is 0.616. The van der Waals surface area contributed by atoms with Gasteiger partial charge in [-0.05, 0) is 30.9 Å². The van der Waals surface area contributed by atoms with Crippen LogP contribution in [0, 0.1) is 0 Å². The Morgan fingerprint density at radius 2 is 2.06 bits per heavy atom. The Hall–Kier alpha value is -0.880. The number of carbonyl (C=O) groups is 1. The van der Waals surface area contributed by atoms with Gasteiger partial charge in [0.25, 0.3) is 0 Å². The maximum atomic E-state index is 12.2. The van der Waals surface area contributed by atoms with Crippen LogP contribution in [0.5, 0.6) is 5.75 Å². The summed E-state index contributed by atoms with van der Waals surface area (Å²) in [5.41, 5.74) is 0.279. The molecule has 18 heavy (non-hydrogen) atoms. The van der Waals surface area contributed by atoms with Gasteiger partial charge in [0, 0.05) is 4.90 Å². The molecule has 0 saturated heterocycles. The zero-order chi connectivity index (χ0) is 13.9. The zero-order valence-corrected chi connectivity index (χ0v) is 11.1. The number of Topliss-reactive ketones (excluding diaryl/α,β-unsaturated/α-hetero) is 1. The molecule has 100 valence electrons. The summed E-state index contributed by atoms with van der Waals surface area (Å²) in [5, 5.41) is -0.975. The molecule has 1 aromatic rings. The van der Waals surface area contributed by atoms with Crippen LogP contribution in [0.15, 0.2) is 23.1 Å². The van der Waals surface area contributed by atoms with Crippen molar-refractivity contribution < 1.29 is 22.7 Å². The highest BCUT2D eigenvalue weighted by Gasteiger charge is 2.32. The second kappa shape index (κ2) is 5.84. The lowest BCUT2D eigenvalue weighted by atomic mass is 10.1. The fourth-order valence-electron chi connectivity index (χ4n) is 1.29. The minimum atomic E-state index is -4.78. The molecule has 0 aliphatic heterocycles. The van der Waals surface area contributed by atoms with E-state index >= 15 is 0 Å². The van der Waals surface area contributed by atoms with E-state index in [0.29, 0.717) is 4.90 Å². The SMILES string of the molecule is CSc1ccc(C(Cl)C(C)=O)cc1OC(F)(F)F. The predicted octanol–water partition coefficient (Wildman–Crippen LogP) is 4.18.